The fourth-order valence-electron chi connectivity index (χ4n) is 4.55. The van der Waals surface area contributed by atoms with Gasteiger partial charge in [-0.2, -0.15) is 0 Å². The molecule has 1 aromatic carbocycles. The van der Waals surface area contributed by atoms with Crippen LogP contribution in [0, 0.1) is 19.8 Å². The minimum atomic E-state index is -0.829. The van der Waals surface area contributed by atoms with Crippen LogP contribution < -0.4 is 10.6 Å². The fraction of sp³-hybridized carbons (Fsp3) is 0.710. The van der Waals surface area contributed by atoms with E-state index >= 15 is 0 Å². The predicted molar refractivity (Wildman–Crippen MR) is 155 cm³/mol. The van der Waals surface area contributed by atoms with Crippen LogP contribution in [0.5, 0.6) is 0 Å². The second kappa shape index (κ2) is 15.7. The molecule has 0 aromatic heterocycles. The van der Waals surface area contributed by atoms with Gasteiger partial charge >= 0.3 is 6.09 Å². The van der Waals surface area contributed by atoms with Crippen molar-refractivity contribution in [3.8, 4) is 0 Å². The molecule has 0 aliphatic heterocycles. The molecule has 0 spiro atoms. The summed E-state index contributed by atoms with van der Waals surface area (Å²) >= 11 is 0. The van der Waals surface area contributed by atoms with E-state index in [-0.39, 0.29) is 23.8 Å². The Morgan fingerprint density at radius 3 is 2.16 bits per heavy atom. The maximum Gasteiger partial charge on any atom is 0.408 e. The van der Waals surface area contributed by atoms with Crippen LogP contribution in [0.4, 0.5) is 4.79 Å². The van der Waals surface area contributed by atoms with E-state index in [0.717, 1.165) is 55.2 Å². The topological polar surface area (TPSA) is 87.7 Å². The molecule has 0 radical (unpaired) electrons. The van der Waals surface area contributed by atoms with Gasteiger partial charge in [0.15, 0.2) is 0 Å². The fourth-order valence-corrected chi connectivity index (χ4v) is 4.55. The first kappa shape index (κ1) is 33.5. The number of alkyl carbamates (subject to hydrolysis) is 1. The molecule has 1 aromatic rings. The molecule has 0 fully saturated rings. The number of hydrogen-bond donors (Lipinski definition) is 2. The van der Waals surface area contributed by atoms with Gasteiger partial charge in [0.1, 0.15) is 17.7 Å². The minimum absolute atomic E-state index is 0.0158. The summed E-state index contributed by atoms with van der Waals surface area (Å²) in [6, 6.07) is 4.25. The lowest BCUT2D eigenvalue weighted by atomic mass is 9.93. The third-order valence-electron chi connectivity index (χ3n) is 6.75. The molecule has 7 heteroatoms. The number of nitrogens with one attached hydrogen (secondary N) is 2. The first-order valence-electron chi connectivity index (χ1n) is 14.4. The van der Waals surface area contributed by atoms with Gasteiger partial charge in [-0.15, -0.1) is 0 Å². The number of ether oxygens (including phenoxy) is 1. The molecule has 3 amide bonds. The molecular formula is C31H53N3O4. The lowest BCUT2D eigenvalue weighted by Gasteiger charge is -2.37. The van der Waals surface area contributed by atoms with Gasteiger partial charge in [0, 0.05) is 12.6 Å². The van der Waals surface area contributed by atoms with Crippen molar-refractivity contribution in [1.82, 2.24) is 15.5 Å². The molecule has 0 heterocycles. The average Bonchev–Trinajstić information content (AvgIpc) is 2.80. The zero-order chi connectivity index (χ0) is 29.0. The van der Waals surface area contributed by atoms with E-state index in [1.165, 1.54) is 0 Å². The number of rotatable bonds is 14. The SMILES string of the molecule is CCCCCCN(C(=O)C(NC(=O)OC(C)(C)C)C(C)C)C(C(=O)NC(C)CCC)c1cccc(C)c1C. The number of amides is 3. The Morgan fingerprint density at radius 1 is 0.947 bits per heavy atom. The van der Waals surface area contributed by atoms with Gasteiger partial charge in [0.05, 0.1) is 0 Å². The van der Waals surface area contributed by atoms with Crippen molar-refractivity contribution < 1.29 is 19.1 Å². The number of carbonyl (C=O) groups is 3. The first-order valence-corrected chi connectivity index (χ1v) is 14.4. The third-order valence-corrected chi connectivity index (χ3v) is 6.75. The van der Waals surface area contributed by atoms with Crippen LogP contribution in [0.3, 0.4) is 0 Å². The van der Waals surface area contributed by atoms with Crippen molar-refractivity contribution in [3.05, 3.63) is 34.9 Å². The van der Waals surface area contributed by atoms with E-state index in [1.54, 1.807) is 25.7 Å². The number of benzene rings is 1. The maximum absolute atomic E-state index is 14.3. The van der Waals surface area contributed by atoms with E-state index in [9.17, 15) is 14.4 Å². The van der Waals surface area contributed by atoms with Crippen LogP contribution in [0.1, 0.15) is 117 Å². The van der Waals surface area contributed by atoms with Crippen molar-refractivity contribution in [3.63, 3.8) is 0 Å². The monoisotopic (exact) mass is 531 g/mol. The average molecular weight is 532 g/mol. The zero-order valence-electron chi connectivity index (χ0n) is 25.6. The maximum atomic E-state index is 14.3. The molecule has 3 atom stereocenters. The molecule has 3 unspecified atom stereocenters. The molecule has 0 saturated carbocycles. The number of unbranched alkanes of at least 4 members (excludes halogenated alkanes) is 3. The van der Waals surface area contributed by atoms with Crippen LogP contribution in [-0.2, 0) is 14.3 Å². The van der Waals surface area contributed by atoms with E-state index in [1.807, 2.05) is 52.8 Å². The Labute approximate surface area is 231 Å². The molecule has 0 aliphatic rings. The molecule has 0 bridgehead atoms. The molecule has 216 valence electrons. The first-order chi connectivity index (χ1) is 17.7. The van der Waals surface area contributed by atoms with Gasteiger partial charge in [-0.25, -0.2) is 4.79 Å². The number of aryl methyl sites for hydroxylation is 1. The lowest BCUT2D eigenvalue weighted by Crippen LogP contribution is -2.55. The summed E-state index contributed by atoms with van der Waals surface area (Å²) in [5, 5.41) is 5.96. The standard InChI is InChI=1S/C31H53N3O4/c1-11-13-14-15-20-34(29(36)26(21(3)4)33-30(37)38-31(8,9)10)27(28(35)32-23(6)17-12-2)25-19-16-18-22(5)24(25)7/h16,18-19,21,23,26-27H,11-15,17,20H2,1-10H3,(H,32,35)(H,33,37). The Bertz CT molecular complexity index is 907. The van der Waals surface area contributed by atoms with Crippen LogP contribution >= 0.6 is 0 Å². The van der Waals surface area contributed by atoms with Gasteiger partial charge in [-0.3, -0.25) is 9.59 Å². The second-order valence-electron chi connectivity index (χ2n) is 11.9. The summed E-state index contributed by atoms with van der Waals surface area (Å²) in [4.78, 5) is 42.6. The molecular weight excluding hydrogens is 478 g/mol. The summed E-state index contributed by atoms with van der Waals surface area (Å²) in [6.07, 6.45) is 5.02. The Hall–Kier alpha value is -2.57. The number of hydrogen-bond acceptors (Lipinski definition) is 4. The molecule has 0 aliphatic carbocycles. The number of nitrogens with zero attached hydrogens (tertiary/aromatic N) is 1. The lowest BCUT2D eigenvalue weighted by molar-refractivity contribution is -0.143. The Balaban J connectivity index is 3.56. The summed E-state index contributed by atoms with van der Waals surface area (Å²) < 4.78 is 5.47. The molecule has 2 N–H and O–H groups in total. The van der Waals surface area contributed by atoms with Crippen molar-refractivity contribution in [2.24, 2.45) is 5.92 Å². The second-order valence-corrected chi connectivity index (χ2v) is 11.9. The van der Waals surface area contributed by atoms with E-state index < -0.39 is 23.8 Å². The highest BCUT2D eigenvalue weighted by atomic mass is 16.6. The predicted octanol–water partition coefficient (Wildman–Crippen LogP) is 6.61. The van der Waals surface area contributed by atoms with E-state index in [2.05, 4.69) is 24.5 Å². The van der Waals surface area contributed by atoms with Gasteiger partial charge in [0.25, 0.3) is 0 Å². The largest absolute Gasteiger partial charge is 0.444 e. The Kier molecular flexibility index (Phi) is 13.9. The summed E-state index contributed by atoms with van der Waals surface area (Å²) in [5.41, 5.74) is 2.18. The van der Waals surface area contributed by atoms with E-state index in [0.29, 0.717) is 6.54 Å². The minimum Gasteiger partial charge on any atom is -0.444 e. The van der Waals surface area contributed by atoms with Crippen molar-refractivity contribution in [1.29, 1.82) is 0 Å². The van der Waals surface area contributed by atoms with Gasteiger partial charge in [0.2, 0.25) is 11.8 Å². The zero-order valence-corrected chi connectivity index (χ0v) is 25.6. The highest BCUT2D eigenvalue weighted by molar-refractivity contribution is 5.92. The third kappa shape index (κ3) is 10.7. The van der Waals surface area contributed by atoms with Gasteiger partial charge in [-0.1, -0.05) is 71.6 Å². The van der Waals surface area contributed by atoms with Crippen LogP contribution in [0.15, 0.2) is 18.2 Å². The van der Waals surface area contributed by atoms with Crippen LogP contribution in [0.2, 0.25) is 0 Å². The summed E-state index contributed by atoms with van der Waals surface area (Å²) in [5.74, 6) is -0.663. The quantitative estimate of drug-likeness (QED) is 0.265. The molecule has 1 rings (SSSR count). The van der Waals surface area contributed by atoms with E-state index in [4.69, 9.17) is 4.74 Å². The highest BCUT2D eigenvalue weighted by Crippen LogP contribution is 2.29. The summed E-state index contributed by atoms with van der Waals surface area (Å²) in [6.45, 7) is 19.8. The Morgan fingerprint density at radius 2 is 1.61 bits per heavy atom. The normalized spacial score (nSPS) is 14.0. The van der Waals surface area contributed by atoms with Crippen LogP contribution in [0.25, 0.3) is 0 Å². The van der Waals surface area contributed by atoms with Gasteiger partial charge in [-0.05, 0) is 77.0 Å². The van der Waals surface area contributed by atoms with Gasteiger partial charge < -0.3 is 20.3 Å². The van der Waals surface area contributed by atoms with Crippen molar-refractivity contribution in [2.75, 3.05) is 6.54 Å². The van der Waals surface area contributed by atoms with Crippen molar-refractivity contribution >= 4 is 17.9 Å². The molecule has 7 nitrogen and oxygen atoms in total. The molecule has 0 saturated heterocycles. The summed E-state index contributed by atoms with van der Waals surface area (Å²) in [7, 11) is 0. The van der Waals surface area contributed by atoms with Crippen LogP contribution in [-0.4, -0.2) is 47.0 Å². The number of carbonyl (C=O) groups excluding carboxylic acids is 3. The molecule has 38 heavy (non-hydrogen) atoms. The van der Waals surface area contributed by atoms with Crippen molar-refractivity contribution in [2.45, 2.75) is 131 Å². The highest BCUT2D eigenvalue weighted by Gasteiger charge is 2.38. The smallest absolute Gasteiger partial charge is 0.408 e.